The number of likely N-dealkylation sites (tertiary alicyclic amines) is 2. The fraction of sp³-hybridized carbons (Fsp3) is 0.789. The Balaban J connectivity index is 1.83. The molecular formula is C19H31N3O3. The number of carboxylic acid groups (broad SMARTS) is 1. The van der Waals surface area contributed by atoms with Crippen LogP contribution in [0.3, 0.4) is 0 Å². The van der Waals surface area contributed by atoms with Gasteiger partial charge in [-0.05, 0) is 40.5 Å². The molecular weight excluding hydrogens is 318 g/mol. The summed E-state index contributed by atoms with van der Waals surface area (Å²) in [7, 11) is 0. The van der Waals surface area contributed by atoms with Crippen molar-refractivity contribution in [1.29, 1.82) is 0 Å². The lowest BCUT2D eigenvalue weighted by molar-refractivity contribution is -0.149. The van der Waals surface area contributed by atoms with Crippen molar-refractivity contribution in [2.24, 2.45) is 11.3 Å². The van der Waals surface area contributed by atoms with Crippen LogP contribution in [0.25, 0.3) is 0 Å². The molecule has 0 aromatic rings. The SMILES string of the molecule is C=CCN1C[C@@]2(C(=O)O)CN(C3CC(C)(C)NC(C)(C)C3)C[C@H]2C1=O. The molecule has 0 radical (unpaired) electrons. The molecule has 0 saturated carbocycles. The Morgan fingerprint density at radius 1 is 1.28 bits per heavy atom. The van der Waals surface area contributed by atoms with Gasteiger partial charge >= 0.3 is 5.97 Å². The van der Waals surface area contributed by atoms with Crippen LogP contribution in [-0.4, -0.2) is 70.1 Å². The number of carbonyl (C=O) groups excluding carboxylic acids is 1. The molecule has 0 aliphatic carbocycles. The highest BCUT2D eigenvalue weighted by Crippen LogP contribution is 2.46. The number of carbonyl (C=O) groups is 2. The van der Waals surface area contributed by atoms with Gasteiger partial charge in [-0.15, -0.1) is 6.58 Å². The van der Waals surface area contributed by atoms with Crippen LogP contribution in [0, 0.1) is 11.3 Å². The summed E-state index contributed by atoms with van der Waals surface area (Å²) >= 11 is 0. The lowest BCUT2D eigenvalue weighted by Crippen LogP contribution is -2.62. The number of fused-ring (bicyclic) bond motifs is 1. The number of nitrogens with zero attached hydrogens (tertiary/aromatic N) is 2. The van der Waals surface area contributed by atoms with Gasteiger partial charge in [-0.3, -0.25) is 14.5 Å². The molecule has 0 aromatic heterocycles. The fourth-order valence-corrected chi connectivity index (χ4v) is 5.46. The molecule has 0 unspecified atom stereocenters. The van der Waals surface area contributed by atoms with Crippen molar-refractivity contribution in [2.75, 3.05) is 26.2 Å². The highest BCUT2D eigenvalue weighted by Gasteiger charge is 2.63. The Hall–Kier alpha value is -1.40. The third kappa shape index (κ3) is 3.10. The molecule has 3 fully saturated rings. The van der Waals surface area contributed by atoms with Crippen molar-refractivity contribution >= 4 is 11.9 Å². The average Bonchev–Trinajstić information content (AvgIpc) is 2.94. The van der Waals surface area contributed by atoms with Gasteiger partial charge in [0.25, 0.3) is 0 Å². The predicted octanol–water partition coefficient (Wildman–Crippen LogP) is 1.33. The molecule has 2 N–H and O–H groups in total. The monoisotopic (exact) mass is 349 g/mol. The molecule has 3 heterocycles. The van der Waals surface area contributed by atoms with Crippen molar-refractivity contribution in [1.82, 2.24) is 15.1 Å². The summed E-state index contributed by atoms with van der Waals surface area (Å²) in [4.78, 5) is 28.8. The lowest BCUT2D eigenvalue weighted by Gasteiger charge is -2.49. The van der Waals surface area contributed by atoms with Gasteiger partial charge in [-0.1, -0.05) is 6.08 Å². The first-order valence-corrected chi connectivity index (χ1v) is 9.16. The summed E-state index contributed by atoms with van der Waals surface area (Å²) in [5, 5.41) is 13.6. The van der Waals surface area contributed by atoms with Gasteiger partial charge in [-0.2, -0.15) is 0 Å². The zero-order valence-electron chi connectivity index (χ0n) is 15.8. The summed E-state index contributed by atoms with van der Waals surface area (Å²) in [6.07, 6.45) is 3.59. The predicted molar refractivity (Wildman–Crippen MR) is 96.2 cm³/mol. The molecule has 140 valence electrons. The summed E-state index contributed by atoms with van der Waals surface area (Å²) in [5.41, 5.74) is -0.974. The summed E-state index contributed by atoms with van der Waals surface area (Å²) in [5.74, 6) is -1.31. The minimum absolute atomic E-state index is 0.000607. The quantitative estimate of drug-likeness (QED) is 0.749. The normalized spacial score (nSPS) is 35.0. The van der Waals surface area contributed by atoms with Gasteiger partial charge in [0, 0.05) is 43.3 Å². The van der Waals surface area contributed by atoms with Crippen LogP contribution < -0.4 is 5.32 Å². The number of rotatable bonds is 4. The first-order valence-electron chi connectivity index (χ1n) is 9.16. The van der Waals surface area contributed by atoms with Crippen LogP contribution in [0.15, 0.2) is 12.7 Å². The van der Waals surface area contributed by atoms with Crippen molar-refractivity contribution in [3.63, 3.8) is 0 Å². The number of hydrogen-bond acceptors (Lipinski definition) is 4. The molecule has 2 atom stereocenters. The molecule has 25 heavy (non-hydrogen) atoms. The van der Waals surface area contributed by atoms with E-state index in [4.69, 9.17) is 0 Å². The molecule has 6 nitrogen and oxygen atoms in total. The van der Waals surface area contributed by atoms with Gasteiger partial charge < -0.3 is 15.3 Å². The number of nitrogens with one attached hydrogen (secondary N) is 1. The topological polar surface area (TPSA) is 72.9 Å². The number of hydrogen-bond donors (Lipinski definition) is 2. The first kappa shape index (κ1) is 18.4. The molecule has 0 aromatic carbocycles. The third-order valence-corrected chi connectivity index (χ3v) is 6.11. The van der Waals surface area contributed by atoms with E-state index in [9.17, 15) is 14.7 Å². The number of carboxylic acids is 1. The number of aliphatic carboxylic acids is 1. The fourth-order valence-electron chi connectivity index (χ4n) is 5.46. The van der Waals surface area contributed by atoms with Crippen molar-refractivity contribution in [3.05, 3.63) is 12.7 Å². The number of amides is 1. The van der Waals surface area contributed by atoms with E-state index in [1.807, 2.05) is 0 Å². The summed E-state index contributed by atoms with van der Waals surface area (Å²) in [6, 6.07) is 0.300. The lowest BCUT2D eigenvalue weighted by atomic mass is 9.79. The van der Waals surface area contributed by atoms with Gasteiger partial charge in [0.05, 0.1) is 5.92 Å². The molecule has 3 saturated heterocycles. The third-order valence-electron chi connectivity index (χ3n) is 6.11. The van der Waals surface area contributed by atoms with E-state index in [2.05, 4.69) is 44.5 Å². The Morgan fingerprint density at radius 3 is 2.36 bits per heavy atom. The molecule has 3 rings (SSSR count). The molecule has 3 aliphatic heterocycles. The van der Waals surface area contributed by atoms with Crippen LogP contribution in [0.2, 0.25) is 0 Å². The maximum atomic E-state index is 12.7. The van der Waals surface area contributed by atoms with Crippen LogP contribution in [0.5, 0.6) is 0 Å². The Morgan fingerprint density at radius 2 is 1.88 bits per heavy atom. The van der Waals surface area contributed by atoms with E-state index in [1.54, 1.807) is 11.0 Å². The van der Waals surface area contributed by atoms with E-state index in [0.717, 1.165) is 12.8 Å². The standard InChI is InChI=1S/C19H31N3O3/c1-6-7-21-11-19(16(24)25)12-22(10-14(19)15(21)23)13-8-17(2,3)20-18(4,5)9-13/h6,13-14,20H,1,7-12H2,2-5H3,(H,24,25)/t14-,19+/m0/s1. The highest BCUT2D eigenvalue weighted by molar-refractivity contribution is 5.92. The second kappa shape index (κ2) is 5.81. The second-order valence-corrected chi connectivity index (χ2v) is 9.41. The second-order valence-electron chi connectivity index (χ2n) is 9.41. The molecule has 0 bridgehead atoms. The zero-order valence-corrected chi connectivity index (χ0v) is 15.8. The van der Waals surface area contributed by atoms with E-state index in [0.29, 0.717) is 32.2 Å². The molecule has 3 aliphatic rings. The van der Waals surface area contributed by atoms with E-state index in [1.165, 1.54) is 0 Å². The van der Waals surface area contributed by atoms with Crippen LogP contribution >= 0.6 is 0 Å². The Labute approximate surface area is 150 Å². The minimum Gasteiger partial charge on any atom is -0.481 e. The van der Waals surface area contributed by atoms with Crippen molar-refractivity contribution in [2.45, 2.75) is 57.7 Å². The maximum absolute atomic E-state index is 12.7. The zero-order chi connectivity index (χ0) is 18.6. The van der Waals surface area contributed by atoms with Crippen molar-refractivity contribution in [3.8, 4) is 0 Å². The van der Waals surface area contributed by atoms with E-state index < -0.39 is 17.3 Å². The van der Waals surface area contributed by atoms with E-state index in [-0.39, 0.29) is 17.0 Å². The van der Waals surface area contributed by atoms with Crippen LogP contribution in [0.1, 0.15) is 40.5 Å². The van der Waals surface area contributed by atoms with E-state index >= 15 is 0 Å². The average molecular weight is 349 g/mol. The van der Waals surface area contributed by atoms with Crippen LogP contribution in [0.4, 0.5) is 0 Å². The largest absolute Gasteiger partial charge is 0.481 e. The van der Waals surface area contributed by atoms with Gasteiger partial charge in [0.2, 0.25) is 5.91 Å². The van der Waals surface area contributed by atoms with Gasteiger partial charge in [0.15, 0.2) is 0 Å². The maximum Gasteiger partial charge on any atom is 0.313 e. The van der Waals surface area contributed by atoms with Gasteiger partial charge in [-0.25, -0.2) is 0 Å². The minimum atomic E-state index is -0.973. The summed E-state index contributed by atoms with van der Waals surface area (Å²) < 4.78 is 0. The smallest absolute Gasteiger partial charge is 0.313 e. The molecule has 1 amide bonds. The Bertz CT molecular complexity index is 585. The molecule has 0 spiro atoms. The Kier molecular flexibility index (Phi) is 4.27. The summed E-state index contributed by atoms with van der Waals surface area (Å²) in [6.45, 7) is 14.2. The number of piperidine rings is 1. The van der Waals surface area contributed by atoms with Crippen LogP contribution in [-0.2, 0) is 9.59 Å². The van der Waals surface area contributed by atoms with Crippen molar-refractivity contribution < 1.29 is 14.7 Å². The molecule has 6 heteroatoms. The highest BCUT2D eigenvalue weighted by atomic mass is 16.4. The first-order chi connectivity index (χ1) is 11.5. The van der Waals surface area contributed by atoms with Gasteiger partial charge in [0.1, 0.15) is 5.41 Å².